The van der Waals surface area contributed by atoms with Gasteiger partial charge in [0.1, 0.15) is 0 Å². The Labute approximate surface area is 132 Å². The Balaban J connectivity index is 1.75. The molecule has 1 aromatic carbocycles. The molecule has 0 aliphatic carbocycles. The molecule has 0 amide bonds. The zero-order chi connectivity index (χ0) is 15.8. The number of rotatable bonds is 9. The molecule has 0 saturated carbocycles. The Morgan fingerprint density at radius 3 is 2.73 bits per heavy atom. The molecule has 120 valence electrons. The van der Waals surface area contributed by atoms with E-state index in [1.54, 1.807) is 14.2 Å². The summed E-state index contributed by atoms with van der Waals surface area (Å²) in [7, 11) is 3.32. The predicted molar refractivity (Wildman–Crippen MR) is 87.6 cm³/mol. The second-order valence-electron chi connectivity index (χ2n) is 5.40. The smallest absolute Gasteiger partial charge is 0.160 e. The minimum atomic E-state index is 0.417. The van der Waals surface area contributed by atoms with Crippen molar-refractivity contribution in [1.29, 1.82) is 0 Å². The van der Waals surface area contributed by atoms with Gasteiger partial charge in [0.25, 0.3) is 0 Å². The first-order valence-corrected chi connectivity index (χ1v) is 7.63. The Bertz CT molecular complexity index is 555. The fourth-order valence-corrected chi connectivity index (χ4v) is 2.46. The predicted octanol–water partition coefficient (Wildman–Crippen LogP) is 2.51. The molecule has 1 aromatic heterocycles. The van der Waals surface area contributed by atoms with Crippen LogP contribution in [0.15, 0.2) is 36.9 Å². The van der Waals surface area contributed by atoms with E-state index in [0.29, 0.717) is 6.04 Å². The van der Waals surface area contributed by atoms with Crippen molar-refractivity contribution >= 4 is 0 Å². The van der Waals surface area contributed by atoms with Crippen molar-refractivity contribution in [2.24, 2.45) is 0 Å². The first-order chi connectivity index (χ1) is 10.7. The van der Waals surface area contributed by atoms with Gasteiger partial charge in [0.15, 0.2) is 11.5 Å². The molecule has 5 heteroatoms. The quantitative estimate of drug-likeness (QED) is 0.723. The lowest BCUT2D eigenvalue weighted by Gasteiger charge is -2.15. The van der Waals surface area contributed by atoms with Crippen LogP contribution >= 0.6 is 0 Å². The molecule has 1 unspecified atom stereocenters. The SMILES string of the molecule is COc1ccc(CC(C)NCCCn2ccnc2)cc1OC. The molecule has 1 atom stereocenters. The highest BCUT2D eigenvalue weighted by molar-refractivity contribution is 5.43. The highest BCUT2D eigenvalue weighted by Gasteiger charge is 2.07. The van der Waals surface area contributed by atoms with Crippen LogP contribution < -0.4 is 14.8 Å². The summed E-state index contributed by atoms with van der Waals surface area (Å²) in [5.74, 6) is 1.56. The molecule has 1 heterocycles. The van der Waals surface area contributed by atoms with E-state index in [0.717, 1.165) is 37.4 Å². The number of aryl methyl sites for hydroxylation is 1. The van der Waals surface area contributed by atoms with Gasteiger partial charge < -0.3 is 19.4 Å². The van der Waals surface area contributed by atoms with Crippen molar-refractivity contribution < 1.29 is 9.47 Å². The van der Waals surface area contributed by atoms with Gasteiger partial charge in [-0.1, -0.05) is 6.07 Å². The number of hydrogen-bond donors (Lipinski definition) is 1. The van der Waals surface area contributed by atoms with Crippen molar-refractivity contribution in [2.45, 2.75) is 32.4 Å². The second-order valence-corrected chi connectivity index (χ2v) is 5.40. The molecule has 0 aliphatic heterocycles. The Morgan fingerprint density at radius 2 is 2.05 bits per heavy atom. The van der Waals surface area contributed by atoms with E-state index in [4.69, 9.17) is 9.47 Å². The molecule has 5 nitrogen and oxygen atoms in total. The lowest BCUT2D eigenvalue weighted by atomic mass is 10.1. The van der Waals surface area contributed by atoms with Crippen LogP contribution in [-0.2, 0) is 13.0 Å². The van der Waals surface area contributed by atoms with Crippen molar-refractivity contribution in [3.63, 3.8) is 0 Å². The third kappa shape index (κ3) is 4.77. The summed E-state index contributed by atoms with van der Waals surface area (Å²) in [6.07, 6.45) is 7.71. The number of ether oxygens (including phenoxy) is 2. The maximum atomic E-state index is 5.34. The number of methoxy groups -OCH3 is 2. The average molecular weight is 303 g/mol. The van der Waals surface area contributed by atoms with Gasteiger partial charge in [-0.15, -0.1) is 0 Å². The summed E-state index contributed by atoms with van der Waals surface area (Å²) in [4.78, 5) is 4.04. The number of aromatic nitrogens is 2. The second kappa shape index (κ2) is 8.44. The highest BCUT2D eigenvalue weighted by atomic mass is 16.5. The van der Waals surface area contributed by atoms with Crippen LogP contribution in [0.4, 0.5) is 0 Å². The number of nitrogens with one attached hydrogen (secondary N) is 1. The van der Waals surface area contributed by atoms with E-state index in [1.807, 2.05) is 30.9 Å². The highest BCUT2D eigenvalue weighted by Crippen LogP contribution is 2.27. The first-order valence-electron chi connectivity index (χ1n) is 7.63. The van der Waals surface area contributed by atoms with E-state index >= 15 is 0 Å². The average Bonchev–Trinajstić information content (AvgIpc) is 3.04. The summed E-state index contributed by atoms with van der Waals surface area (Å²) < 4.78 is 12.7. The van der Waals surface area contributed by atoms with E-state index in [9.17, 15) is 0 Å². The van der Waals surface area contributed by atoms with E-state index in [-0.39, 0.29) is 0 Å². The van der Waals surface area contributed by atoms with Crippen LogP contribution in [0.2, 0.25) is 0 Å². The summed E-state index contributed by atoms with van der Waals surface area (Å²) in [5, 5.41) is 3.55. The maximum absolute atomic E-state index is 5.34. The first kappa shape index (κ1) is 16.4. The standard InChI is InChI=1S/C17H25N3O2/c1-14(19-7-4-9-20-10-8-18-13-20)11-15-5-6-16(21-2)17(12-15)22-3/h5-6,8,10,12-14,19H,4,7,9,11H2,1-3H3. The minimum absolute atomic E-state index is 0.417. The molecule has 0 saturated heterocycles. The third-order valence-electron chi connectivity index (χ3n) is 3.63. The van der Waals surface area contributed by atoms with Crippen molar-refractivity contribution in [1.82, 2.24) is 14.9 Å². The molecule has 0 radical (unpaired) electrons. The van der Waals surface area contributed by atoms with Gasteiger partial charge in [-0.05, 0) is 44.0 Å². The van der Waals surface area contributed by atoms with Crippen LogP contribution in [0.5, 0.6) is 11.5 Å². The number of hydrogen-bond acceptors (Lipinski definition) is 4. The van der Waals surface area contributed by atoms with Crippen LogP contribution in [0.1, 0.15) is 18.9 Å². The normalized spacial score (nSPS) is 12.1. The van der Waals surface area contributed by atoms with Gasteiger partial charge in [0.2, 0.25) is 0 Å². The van der Waals surface area contributed by atoms with Crippen molar-refractivity contribution in [2.75, 3.05) is 20.8 Å². The summed E-state index contributed by atoms with van der Waals surface area (Å²) in [6, 6.07) is 6.51. The van der Waals surface area contributed by atoms with Gasteiger partial charge in [-0.3, -0.25) is 0 Å². The van der Waals surface area contributed by atoms with E-state index in [2.05, 4.69) is 27.9 Å². The molecule has 0 spiro atoms. The number of imidazole rings is 1. The zero-order valence-electron chi connectivity index (χ0n) is 13.6. The molecule has 2 rings (SSSR count). The van der Waals surface area contributed by atoms with Crippen LogP contribution in [0.3, 0.4) is 0 Å². The van der Waals surface area contributed by atoms with Crippen molar-refractivity contribution in [3.8, 4) is 11.5 Å². The molecular formula is C17H25N3O2. The van der Waals surface area contributed by atoms with Gasteiger partial charge >= 0.3 is 0 Å². The zero-order valence-corrected chi connectivity index (χ0v) is 13.6. The third-order valence-corrected chi connectivity index (χ3v) is 3.63. The number of benzene rings is 1. The van der Waals surface area contributed by atoms with E-state index < -0.39 is 0 Å². The van der Waals surface area contributed by atoms with Crippen LogP contribution in [0.25, 0.3) is 0 Å². The van der Waals surface area contributed by atoms with Gasteiger partial charge in [-0.2, -0.15) is 0 Å². The Morgan fingerprint density at radius 1 is 1.23 bits per heavy atom. The van der Waals surface area contributed by atoms with Crippen LogP contribution in [0, 0.1) is 0 Å². The summed E-state index contributed by atoms with van der Waals surface area (Å²) in [6.45, 7) is 4.19. The number of nitrogens with zero attached hydrogens (tertiary/aromatic N) is 2. The minimum Gasteiger partial charge on any atom is -0.493 e. The Hall–Kier alpha value is -2.01. The van der Waals surface area contributed by atoms with Gasteiger partial charge in [0.05, 0.1) is 20.5 Å². The summed E-state index contributed by atoms with van der Waals surface area (Å²) >= 11 is 0. The monoisotopic (exact) mass is 303 g/mol. The van der Waals surface area contributed by atoms with Gasteiger partial charge in [0, 0.05) is 25.0 Å². The fourth-order valence-electron chi connectivity index (χ4n) is 2.46. The van der Waals surface area contributed by atoms with Crippen molar-refractivity contribution in [3.05, 3.63) is 42.5 Å². The largest absolute Gasteiger partial charge is 0.493 e. The molecule has 0 fully saturated rings. The lowest BCUT2D eigenvalue weighted by molar-refractivity contribution is 0.354. The van der Waals surface area contributed by atoms with Crippen LogP contribution in [-0.4, -0.2) is 36.4 Å². The molecular weight excluding hydrogens is 278 g/mol. The molecule has 0 aliphatic rings. The molecule has 22 heavy (non-hydrogen) atoms. The topological polar surface area (TPSA) is 48.3 Å². The molecule has 2 aromatic rings. The van der Waals surface area contributed by atoms with E-state index in [1.165, 1.54) is 5.56 Å². The Kier molecular flexibility index (Phi) is 6.27. The maximum Gasteiger partial charge on any atom is 0.160 e. The molecule has 0 bridgehead atoms. The van der Waals surface area contributed by atoms with Gasteiger partial charge in [-0.25, -0.2) is 4.98 Å². The lowest BCUT2D eigenvalue weighted by Crippen LogP contribution is -2.29. The fraction of sp³-hybridized carbons (Fsp3) is 0.471. The molecule has 1 N–H and O–H groups in total. The summed E-state index contributed by atoms with van der Waals surface area (Å²) in [5.41, 5.74) is 1.24.